The van der Waals surface area contributed by atoms with Gasteiger partial charge in [0.2, 0.25) is 0 Å². The van der Waals surface area contributed by atoms with Gasteiger partial charge in [0.25, 0.3) is 0 Å². The van der Waals surface area contributed by atoms with Crippen LogP contribution in [0, 0.1) is 0 Å². The van der Waals surface area contributed by atoms with Crippen molar-refractivity contribution in [2.45, 2.75) is 57.2 Å². The Morgan fingerprint density at radius 1 is 0.958 bits per heavy atom. The molecule has 2 aromatic rings. The molecule has 4 rings (SSSR count). The molecule has 2 fully saturated rings. The van der Waals surface area contributed by atoms with Gasteiger partial charge in [-0.15, -0.1) is 0 Å². The van der Waals surface area contributed by atoms with E-state index in [0.717, 1.165) is 12.4 Å². The summed E-state index contributed by atoms with van der Waals surface area (Å²) >= 11 is 0. The molecule has 126 valence electrons. The van der Waals surface area contributed by atoms with Gasteiger partial charge in [-0.2, -0.15) is 0 Å². The van der Waals surface area contributed by atoms with E-state index in [1.54, 1.807) is 0 Å². The zero-order valence-electron chi connectivity index (χ0n) is 14.3. The average molecular weight is 321 g/mol. The highest BCUT2D eigenvalue weighted by Crippen LogP contribution is 2.33. The Morgan fingerprint density at radius 2 is 1.79 bits per heavy atom. The molecule has 2 heterocycles. The maximum atomic E-state index is 4.69. The fraction of sp³-hybridized carbons (Fsp3) is 0.476. The number of aromatic nitrogens is 1. The number of nitrogens with zero attached hydrogens (tertiary/aromatic N) is 2. The van der Waals surface area contributed by atoms with E-state index in [1.165, 1.54) is 56.2 Å². The summed E-state index contributed by atoms with van der Waals surface area (Å²) in [5, 5.41) is 3.58. The Hall–Kier alpha value is -1.87. The third-order valence-electron chi connectivity index (χ3n) is 5.47. The van der Waals surface area contributed by atoms with E-state index >= 15 is 0 Å². The van der Waals surface area contributed by atoms with Crippen molar-refractivity contribution in [1.82, 2.24) is 9.88 Å². The standard InChI is InChI=1S/C21H27N3/c1-2-7-17(8-3-1)16-24-14-6-11-20(24)18-12-13-21(22-15-18)23-19-9-4-5-10-19/h1-3,7-8,12-13,15,19-20H,4-6,9-11,14,16H2,(H,22,23)/t20-/m0/s1. The fourth-order valence-corrected chi connectivity index (χ4v) is 4.18. The van der Waals surface area contributed by atoms with E-state index in [-0.39, 0.29) is 0 Å². The largest absolute Gasteiger partial charge is 0.367 e. The first-order chi connectivity index (χ1) is 11.9. The molecular weight excluding hydrogens is 294 g/mol. The highest BCUT2D eigenvalue weighted by atomic mass is 15.2. The van der Waals surface area contributed by atoms with Gasteiger partial charge in [-0.3, -0.25) is 4.90 Å². The summed E-state index contributed by atoms with van der Waals surface area (Å²) in [5.74, 6) is 1.04. The maximum Gasteiger partial charge on any atom is 0.126 e. The van der Waals surface area contributed by atoms with Gasteiger partial charge in [-0.25, -0.2) is 4.98 Å². The number of anilines is 1. The Balaban J connectivity index is 1.42. The van der Waals surface area contributed by atoms with Crippen LogP contribution in [0.4, 0.5) is 5.82 Å². The van der Waals surface area contributed by atoms with Crippen molar-refractivity contribution in [2.75, 3.05) is 11.9 Å². The van der Waals surface area contributed by atoms with E-state index in [9.17, 15) is 0 Å². The van der Waals surface area contributed by atoms with Crippen LogP contribution in [0.2, 0.25) is 0 Å². The van der Waals surface area contributed by atoms with Crippen LogP contribution < -0.4 is 5.32 Å². The minimum atomic E-state index is 0.512. The van der Waals surface area contributed by atoms with Crippen molar-refractivity contribution in [1.29, 1.82) is 0 Å². The molecule has 0 spiro atoms. The number of nitrogens with one attached hydrogen (secondary N) is 1. The molecule has 1 atom stereocenters. The zero-order valence-corrected chi connectivity index (χ0v) is 14.3. The third-order valence-corrected chi connectivity index (χ3v) is 5.47. The molecule has 3 nitrogen and oxygen atoms in total. The number of likely N-dealkylation sites (tertiary alicyclic amines) is 1. The normalized spacial score (nSPS) is 22.1. The molecule has 0 unspecified atom stereocenters. The molecule has 0 radical (unpaired) electrons. The lowest BCUT2D eigenvalue weighted by molar-refractivity contribution is 0.248. The minimum absolute atomic E-state index is 0.512. The molecule has 3 heteroatoms. The summed E-state index contributed by atoms with van der Waals surface area (Å²) in [6.07, 6.45) is 9.89. The van der Waals surface area contributed by atoms with Crippen LogP contribution in [-0.4, -0.2) is 22.5 Å². The van der Waals surface area contributed by atoms with Gasteiger partial charge in [-0.05, 0) is 49.4 Å². The first-order valence-corrected chi connectivity index (χ1v) is 9.39. The van der Waals surface area contributed by atoms with Crippen LogP contribution in [0.5, 0.6) is 0 Å². The lowest BCUT2D eigenvalue weighted by Gasteiger charge is -2.25. The molecule has 1 aromatic carbocycles. The summed E-state index contributed by atoms with van der Waals surface area (Å²) < 4.78 is 0. The van der Waals surface area contributed by atoms with Crippen LogP contribution in [0.25, 0.3) is 0 Å². The average Bonchev–Trinajstić information content (AvgIpc) is 3.29. The SMILES string of the molecule is c1ccc(CN2CCC[C@H]2c2ccc(NC3CCCC3)nc2)cc1. The zero-order chi connectivity index (χ0) is 16.2. The summed E-state index contributed by atoms with van der Waals surface area (Å²) in [6, 6.07) is 16.4. The monoisotopic (exact) mass is 321 g/mol. The van der Waals surface area contributed by atoms with Gasteiger partial charge in [0.05, 0.1) is 0 Å². The van der Waals surface area contributed by atoms with E-state index < -0.39 is 0 Å². The molecule has 1 aliphatic carbocycles. The maximum absolute atomic E-state index is 4.69. The summed E-state index contributed by atoms with van der Waals surface area (Å²) in [6.45, 7) is 2.22. The predicted octanol–water partition coefficient (Wildman–Crippen LogP) is 4.77. The third kappa shape index (κ3) is 3.62. The molecule has 2 aliphatic rings. The Labute approximate surface area is 145 Å². The van der Waals surface area contributed by atoms with Crippen molar-refractivity contribution < 1.29 is 0 Å². The molecule has 1 saturated heterocycles. The van der Waals surface area contributed by atoms with E-state index in [2.05, 4.69) is 58.9 Å². The van der Waals surface area contributed by atoms with Gasteiger partial charge >= 0.3 is 0 Å². The Morgan fingerprint density at radius 3 is 2.54 bits per heavy atom. The molecular formula is C21H27N3. The second kappa shape index (κ2) is 7.35. The highest BCUT2D eigenvalue weighted by molar-refractivity contribution is 5.37. The van der Waals surface area contributed by atoms with Gasteiger partial charge in [0.15, 0.2) is 0 Å². The van der Waals surface area contributed by atoms with Crippen LogP contribution >= 0.6 is 0 Å². The first kappa shape index (κ1) is 15.6. The molecule has 1 N–H and O–H groups in total. The number of hydrogen-bond acceptors (Lipinski definition) is 3. The molecule has 1 aromatic heterocycles. The van der Waals surface area contributed by atoms with Gasteiger partial charge in [-0.1, -0.05) is 49.2 Å². The van der Waals surface area contributed by atoms with E-state index in [1.807, 2.05) is 0 Å². The molecule has 24 heavy (non-hydrogen) atoms. The second-order valence-corrected chi connectivity index (χ2v) is 7.22. The number of rotatable bonds is 5. The highest BCUT2D eigenvalue weighted by Gasteiger charge is 2.26. The number of benzene rings is 1. The second-order valence-electron chi connectivity index (χ2n) is 7.22. The fourth-order valence-electron chi connectivity index (χ4n) is 4.18. The minimum Gasteiger partial charge on any atom is -0.367 e. The van der Waals surface area contributed by atoms with Crippen molar-refractivity contribution in [3.8, 4) is 0 Å². The molecule has 0 amide bonds. The topological polar surface area (TPSA) is 28.2 Å². The molecule has 0 bridgehead atoms. The summed E-state index contributed by atoms with van der Waals surface area (Å²) in [5.41, 5.74) is 2.76. The number of hydrogen-bond donors (Lipinski definition) is 1. The smallest absolute Gasteiger partial charge is 0.126 e. The Bertz CT molecular complexity index is 632. The van der Waals surface area contributed by atoms with Crippen LogP contribution in [0.1, 0.15) is 55.7 Å². The first-order valence-electron chi connectivity index (χ1n) is 9.39. The molecule has 1 aliphatic heterocycles. The van der Waals surface area contributed by atoms with Crippen LogP contribution in [-0.2, 0) is 6.54 Å². The Kier molecular flexibility index (Phi) is 4.79. The lowest BCUT2D eigenvalue weighted by Crippen LogP contribution is -2.23. The van der Waals surface area contributed by atoms with Crippen molar-refractivity contribution in [3.63, 3.8) is 0 Å². The van der Waals surface area contributed by atoms with Crippen molar-refractivity contribution >= 4 is 5.82 Å². The van der Waals surface area contributed by atoms with Gasteiger partial charge in [0.1, 0.15) is 5.82 Å². The van der Waals surface area contributed by atoms with Gasteiger partial charge < -0.3 is 5.32 Å². The van der Waals surface area contributed by atoms with Crippen LogP contribution in [0.15, 0.2) is 48.7 Å². The van der Waals surface area contributed by atoms with Crippen molar-refractivity contribution in [3.05, 3.63) is 59.8 Å². The number of pyridine rings is 1. The van der Waals surface area contributed by atoms with Crippen molar-refractivity contribution in [2.24, 2.45) is 0 Å². The lowest BCUT2D eigenvalue weighted by atomic mass is 10.1. The quantitative estimate of drug-likeness (QED) is 0.859. The van der Waals surface area contributed by atoms with Gasteiger partial charge in [0, 0.05) is 24.8 Å². The van der Waals surface area contributed by atoms with E-state index in [0.29, 0.717) is 12.1 Å². The summed E-state index contributed by atoms with van der Waals surface area (Å²) in [4.78, 5) is 7.28. The van der Waals surface area contributed by atoms with Crippen LogP contribution in [0.3, 0.4) is 0 Å². The molecule has 1 saturated carbocycles. The van der Waals surface area contributed by atoms with E-state index in [4.69, 9.17) is 4.98 Å². The summed E-state index contributed by atoms with van der Waals surface area (Å²) in [7, 11) is 0. The predicted molar refractivity (Wildman–Crippen MR) is 98.9 cm³/mol.